The highest BCUT2D eigenvalue weighted by molar-refractivity contribution is 7.92. The topological polar surface area (TPSA) is 80.2 Å². The van der Waals surface area contributed by atoms with Gasteiger partial charge >= 0.3 is 0 Å². The molecule has 33 heavy (non-hydrogen) atoms. The normalized spacial score (nSPS) is 11.8. The molecule has 0 aliphatic carbocycles. The summed E-state index contributed by atoms with van der Waals surface area (Å²) in [6, 6.07) is 17.1. The van der Waals surface area contributed by atoms with Gasteiger partial charge in [0.2, 0.25) is 5.91 Å². The third-order valence-electron chi connectivity index (χ3n) is 5.13. The van der Waals surface area contributed by atoms with E-state index >= 15 is 0 Å². The number of anilines is 1. The number of hydrogen-bond acceptors (Lipinski definition) is 6. The van der Waals surface area contributed by atoms with E-state index in [0.29, 0.717) is 15.8 Å². The Morgan fingerprint density at radius 2 is 1.82 bits per heavy atom. The maximum Gasteiger partial charge on any atom is 0.244 e. The van der Waals surface area contributed by atoms with E-state index in [2.05, 4.69) is 18.8 Å². The first-order valence-electron chi connectivity index (χ1n) is 10.3. The minimum absolute atomic E-state index is 0.0458. The molecule has 4 rings (SSSR count). The van der Waals surface area contributed by atoms with E-state index < -0.39 is 21.5 Å². The van der Waals surface area contributed by atoms with Crippen LogP contribution >= 0.6 is 22.9 Å². The lowest BCUT2D eigenvalue weighted by Crippen LogP contribution is -2.35. The van der Waals surface area contributed by atoms with E-state index in [1.807, 2.05) is 24.3 Å². The highest BCUT2D eigenvalue weighted by Crippen LogP contribution is 2.34. The summed E-state index contributed by atoms with van der Waals surface area (Å²) in [7, 11) is -3.87. The number of para-hydroxylation sites is 1. The van der Waals surface area contributed by atoms with E-state index in [-0.39, 0.29) is 17.4 Å². The lowest BCUT2D eigenvalue weighted by Gasteiger charge is -2.19. The van der Waals surface area contributed by atoms with Crippen LogP contribution in [0.2, 0.25) is 5.02 Å². The molecule has 9 heteroatoms. The second kappa shape index (κ2) is 9.59. The number of amides is 1. The van der Waals surface area contributed by atoms with Gasteiger partial charge < -0.3 is 0 Å². The molecule has 0 aliphatic heterocycles. The molecule has 0 aliphatic rings. The average Bonchev–Trinajstić information content (AvgIpc) is 3.22. The number of sulfone groups is 1. The Hall–Kier alpha value is -2.81. The molecule has 0 fully saturated rings. The smallest absolute Gasteiger partial charge is 0.244 e. The molecule has 170 valence electrons. The second-order valence-corrected chi connectivity index (χ2v) is 11.3. The van der Waals surface area contributed by atoms with Crippen molar-refractivity contribution in [2.75, 3.05) is 10.7 Å². The number of halogens is 1. The number of carbonyl (C=O) groups excluding carboxylic acids is 1. The van der Waals surface area contributed by atoms with Gasteiger partial charge in [0.15, 0.2) is 15.0 Å². The first kappa shape index (κ1) is 23.4. The number of rotatable bonds is 7. The summed E-state index contributed by atoms with van der Waals surface area (Å²) in [5.74, 6) is -0.997. The predicted octanol–water partition coefficient (Wildman–Crippen LogP) is 5.48. The van der Waals surface area contributed by atoms with Crippen LogP contribution in [0.1, 0.15) is 31.0 Å². The quantitative estimate of drug-likeness (QED) is 0.336. The molecule has 1 amide bonds. The highest BCUT2D eigenvalue weighted by Gasteiger charge is 2.27. The van der Waals surface area contributed by atoms with Gasteiger partial charge in [0.1, 0.15) is 5.75 Å². The number of carbonyl (C=O) groups is 1. The fourth-order valence-corrected chi connectivity index (χ4v) is 5.76. The number of nitrogens with zero attached hydrogens (tertiary/aromatic N) is 3. The van der Waals surface area contributed by atoms with Gasteiger partial charge in [0, 0.05) is 11.2 Å². The Morgan fingerprint density at radius 3 is 2.48 bits per heavy atom. The van der Waals surface area contributed by atoms with Crippen molar-refractivity contribution in [3.63, 3.8) is 0 Å². The fraction of sp³-hybridized carbons (Fsp3) is 0.208. The molecule has 0 saturated heterocycles. The van der Waals surface area contributed by atoms with Gasteiger partial charge in [-0.1, -0.05) is 55.0 Å². The standard InChI is InChI=1S/C24H22ClN3O3S2/c1-16(2)20-7-5-8-21-23(20)27-24(32-21)28(14-18-6-3-4-13-26-18)22(29)15-33(30,31)19-11-9-17(25)10-12-19/h3-13,16H,14-15H2,1-2H3. The first-order valence-corrected chi connectivity index (χ1v) is 13.2. The van der Waals surface area contributed by atoms with Crippen molar-refractivity contribution in [3.05, 3.63) is 83.1 Å². The van der Waals surface area contributed by atoms with Crippen molar-refractivity contribution in [2.45, 2.75) is 31.2 Å². The lowest BCUT2D eigenvalue weighted by atomic mass is 10.0. The molecule has 2 heterocycles. The van der Waals surface area contributed by atoms with Gasteiger partial charge in [0.05, 0.1) is 27.4 Å². The molecular formula is C24H22ClN3O3S2. The summed E-state index contributed by atoms with van der Waals surface area (Å²) < 4.78 is 26.8. The zero-order valence-electron chi connectivity index (χ0n) is 18.1. The molecule has 0 unspecified atom stereocenters. The number of thiazole rings is 1. The van der Waals surface area contributed by atoms with Crippen molar-refractivity contribution in [2.24, 2.45) is 0 Å². The average molecular weight is 500 g/mol. The number of aromatic nitrogens is 2. The monoisotopic (exact) mass is 499 g/mol. The zero-order chi connectivity index (χ0) is 23.6. The van der Waals surface area contributed by atoms with E-state index in [1.165, 1.54) is 40.5 Å². The van der Waals surface area contributed by atoms with Crippen LogP contribution in [0, 0.1) is 0 Å². The van der Waals surface area contributed by atoms with Crippen LogP contribution in [0.3, 0.4) is 0 Å². The summed E-state index contributed by atoms with van der Waals surface area (Å²) >= 11 is 7.24. The molecule has 0 bridgehead atoms. The molecule has 0 radical (unpaired) electrons. The number of pyridine rings is 1. The Bertz CT molecular complexity index is 1390. The van der Waals surface area contributed by atoms with Gasteiger partial charge in [0.25, 0.3) is 0 Å². The summed E-state index contributed by atoms with van der Waals surface area (Å²) in [6.07, 6.45) is 1.64. The van der Waals surface area contributed by atoms with Crippen LogP contribution in [-0.4, -0.2) is 30.0 Å². The van der Waals surface area contributed by atoms with Gasteiger partial charge in [-0.3, -0.25) is 14.7 Å². The molecular weight excluding hydrogens is 478 g/mol. The molecule has 2 aromatic heterocycles. The second-order valence-electron chi connectivity index (χ2n) is 7.86. The molecule has 0 atom stereocenters. The van der Waals surface area contributed by atoms with E-state index in [1.54, 1.807) is 18.3 Å². The SMILES string of the molecule is CC(C)c1cccc2sc(N(Cc3ccccn3)C(=O)CS(=O)(=O)c3ccc(Cl)cc3)nc12. The van der Waals surface area contributed by atoms with Crippen LogP contribution < -0.4 is 4.90 Å². The van der Waals surface area contributed by atoms with Crippen molar-refractivity contribution >= 4 is 54.0 Å². The summed E-state index contributed by atoms with van der Waals surface area (Å²) in [6.45, 7) is 4.29. The lowest BCUT2D eigenvalue weighted by molar-refractivity contribution is -0.116. The van der Waals surface area contributed by atoms with Crippen LogP contribution in [-0.2, 0) is 21.2 Å². The van der Waals surface area contributed by atoms with Crippen LogP contribution in [0.15, 0.2) is 71.8 Å². The summed E-state index contributed by atoms with van der Waals surface area (Å²) in [5, 5.41) is 0.868. The third kappa shape index (κ3) is 5.24. The molecule has 0 spiro atoms. The predicted molar refractivity (Wildman–Crippen MR) is 133 cm³/mol. The Balaban J connectivity index is 1.72. The molecule has 4 aromatic rings. The van der Waals surface area contributed by atoms with Crippen LogP contribution in [0.5, 0.6) is 0 Å². The van der Waals surface area contributed by atoms with E-state index in [9.17, 15) is 13.2 Å². The Labute approximate surface area is 201 Å². The Kier molecular flexibility index (Phi) is 6.78. The zero-order valence-corrected chi connectivity index (χ0v) is 20.5. The van der Waals surface area contributed by atoms with Crippen LogP contribution in [0.4, 0.5) is 5.13 Å². The van der Waals surface area contributed by atoms with Gasteiger partial charge in [-0.15, -0.1) is 0 Å². The van der Waals surface area contributed by atoms with E-state index in [4.69, 9.17) is 16.6 Å². The largest absolute Gasteiger partial charge is 0.281 e. The minimum Gasteiger partial charge on any atom is -0.281 e. The highest BCUT2D eigenvalue weighted by atomic mass is 35.5. The number of benzene rings is 2. The molecule has 6 nitrogen and oxygen atoms in total. The maximum atomic E-state index is 13.4. The van der Waals surface area contributed by atoms with E-state index in [0.717, 1.165) is 15.8 Å². The van der Waals surface area contributed by atoms with Crippen LogP contribution in [0.25, 0.3) is 10.2 Å². The van der Waals surface area contributed by atoms with Gasteiger partial charge in [-0.05, 0) is 53.9 Å². The van der Waals surface area contributed by atoms with Crippen molar-refractivity contribution in [1.82, 2.24) is 9.97 Å². The number of hydrogen-bond donors (Lipinski definition) is 0. The van der Waals surface area contributed by atoms with Crippen molar-refractivity contribution in [3.8, 4) is 0 Å². The van der Waals surface area contributed by atoms with Gasteiger partial charge in [-0.2, -0.15) is 0 Å². The first-order chi connectivity index (χ1) is 15.7. The molecule has 2 aromatic carbocycles. The molecule has 0 saturated carbocycles. The minimum atomic E-state index is -3.87. The maximum absolute atomic E-state index is 13.4. The van der Waals surface area contributed by atoms with Crippen molar-refractivity contribution in [1.29, 1.82) is 0 Å². The molecule has 0 N–H and O–H groups in total. The number of fused-ring (bicyclic) bond motifs is 1. The third-order valence-corrected chi connectivity index (χ3v) is 8.04. The Morgan fingerprint density at radius 1 is 1.06 bits per heavy atom. The summed E-state index contributed by atoms with van der Waals surface area (Å²) in [4.78, 5) is 23.9. The van der Waals surface area contributed by atoms with Crippen molar-refractivity contribution < 1.29 is 13.2 Å². The fourth-order valence-electron chi connectivity index (χ4n) is 3.42. The summed E-state index contributed by atoms with van der Waals surface area (Å²) in [5.41, 5.74) is 2.54. The van der Waals surface area contributed by atoms with Gasteiger partial charge in [-0.25, -0.2) is 13.4 Å².